The van der Waals surface area contributed by atoms with Gasteiger partial charge in [-0.2, -0.15) is 8.78 Å². The normalized spacial score (nSPS) is 10.2. The van der Waals surface area contributed by atoms with E-state index in [1.54, 1.807) is 13.0 Å². The second-order valence-electron chi connectivity index (χ2n) is 2.82. The van der Waals surface area contributed by atoms with E-state index < -0.39 is 12.6 Å². The number of hydrogen-bond acceptors (Lipinski definition) is 4. The van der Waals surface area contributed by atoms with E-state index in [0.717, 1.165) is 0 Å². The van der Waals surface area contributed by atoms with Gasteiger partial charge in [-0.05, 0) is 19.1 Å². The smallest absolute Gasteiger partial charge is 0.389 e. The summed E-state index contributed by atoms with van der Waals surface area (Å²) in [7, 11) is 0. The van der Waals surface area contributed by atoms with Crippen molar-refractivity contribution in [1.82, 2.24) is 0 Å². The Morgan fingerprint density at radius 2 is 2.19 bits per heavy atom. The third-order valence-corrected chi connectivity index (χ3v) is 1.76. The third-order valence-electron chi connectivity index (χ3n) is 1.76. The first kappa shape index (κ1) is 12.2. The molecule has 0 bridgehead atoms. The minimum atomic E-state index is -3.18. The van der Waals surface area contributed by atoms with Crippen LogP contribution in [0, 0.1) is 0 Å². The summed E-state index contributed by atoms with van der Waals surface area (Å²) in [4.78, 5) is 11.3. The van der Waals surface area contributed by atoms with Crippen LogP contribution in [0.2, 0.25) is 0 Å². The molecule has 0 unspecified atom stereocenters. The predicted molar refractivity (Wildman–Crippen MR) is 53.4 cm³/mol. The van der Waals surface area contributed by atoms with Gasteiger partial charge in [0.2, 0.25) is 0 Å². The Hall–Kier alpha value is -1.85. The fourth-order valence-electron chi connectivity index (χ4n) is 1.18. The van der Waals surface area contributed by atoms with Gasteiger partial charge in [0.15, 0.2) is 0 Å². The average Bonchev–Trinajstić information content (AvgIpc) is 2.16. The van der Waals surface area contributed by atoms with Gasteiger partial charge in [0.1, 0.15) is 11.3 Å². The Labute approximate surface area is 91.0 Å². The Balaban J connectivity index is 3.04. The molecule has 16 heavy (non-hydrogen) atoms. The van der Waals surface area contributed by atoms with Gasteiger partial charge in [0.05, 0.1) is 6.61 Å². The zero-order valence-corrected chi connectivity index (χ0v) is 8.57. The molecule has 0 aromatic heterocycles. The van der Waals surface area contributed by atoms with Crippen LogP contribution in [-0.2, 0) is 4.74 Å². The first-order valence-corrected chi connectivity index (χ1v) is 4.56. The summed E-state index contributed by atoms with van der Waals surface area (Å²) in [6.07, 6.45) is 0. The molecule has 0 aliphatic rings. The molecule has 6 heteroatoms. The van der Waals surface area contributed by atoms with Crippen molar-refractivity contribution < 1.29 is 23.0 Å². The zero-order valence-electron chi connectivity index (χ0n) is 8.57. The van der Waals surface area contributed by atoms with Gasteiger partial charge in [-0.1, -0.05) is 6.07 Å². The Bertz CT molecular complexity index is 382. The molecule has 0 aliphatic heterocycles. The molecule has 88 valence electrons. The number of alkyl halides is 2. The van der Waals surface area contributed by atoms with Gasteiger partial charge in [-0.25, -0.2) is 4.79 Å². The lowest BCUT2D eigenvalue weighted by molar-refractivity contribution is -0.0906. The molecule has 0 amide bonds. The predicted octanol–water partition coefficient (Wildman–Crippen LogP) is 2.05. The van der Waals surface area contributed by atoms with Crippen LogP contribution < -0.4 is 10.5 Å². The van der Waals surface area contributed by atoms with Crippen LogP contribution in [0.1, 0.15) is 17.3 Å². The number of anilines is 1. The summed E-state index contributed by atoms with van der Waals surface area (Å²) in [6, 6.07) is 4.42. The van der Waals surface area contributed by atoms with Gasteiger partial charge in [0.25, 0.3) is 0 Å². The summed E-state index contributed by atoms with van der Waals surface area (Å²) in [6.45, 7) is -1.19. The molecule has 1 rings (SSSR count). The lowest BCUT2D eigenvalue weighted by Gasteiger charge is -2.11. The summed E-state index contributed by atoms with van der Waals surface area (Å²) in [5, 5.41) is 0. The van der Waals surface area contributed by atoms with Crippen molar-refractivity contribution in [3.05, 3.63) is 23.8 Å². The molecule has 0 radical (unpaired) electrons. The van der Waals surface area contributed by atoms with E-state index in [1.165, 1.54) is 12.1 Å². The number of benzene rings is 1. The van der Waals surface area contributed by atoms with Crippen LogP contribution >= 0.6 is 0 Å². The topological polar surface area (TPSA) is 61.5 Å². The van der Waals surface area contributed by atoms with E-state index in [2.05, 4.69) is 4.74 Å². The summed E-state index contributed by atoms with van der Waals surface area (Å²) >= 11 is 0. The van der Waals surface area contributed by atoms with Crippen molar-refractivity contribution >= 4 is 11.7 Å². The first-order valence-electron chi connectivity index (χ1n) is 4.56. The maximum atomic E-state index is 11.9. The van der Waals surface area contributed by atoms with Gasteiger partial charge in [0, 0.05) is 5.69 Å². The monoisotopic (exact) mass is 231 g/mol. The number of halogens is 2. The van der Waals surface area contributed by atoms with Gasteiger partial charge in [-0.15, -0.1) is 0 Å². The van der Waals surface area contributed by atoms with E-state index in [1.807, 2.05) is 0 Å². The Morgan fingerprint density at radius 3 is 2.75 bits per heavy atom. The van der Waals surface area contributed by atoms with E-state index in [4.69, 9.17) is 10.5 Å². The molecular formula is C10H11F2NO3. The van der Waals surface area contributed by atoms with Crippen molar-refractivity contribution in [1.29, 1.82) is 0 Å². The summed E-state index contributed by atoms with van der Waals surface area (Å²) in [5.41, 5.74) is 5.36. The molecule has 4 nitrogen and oxygen atoms in total. The summed E-state index contributed by atoms with van der Waals surface area (Å²) < 4.78 is 32.7. The van der Waals surface area contributed by atoms with E-state index in [9.17, 15) is 13.6 Å². The van der Waals surface area contributed by atoms with Crippen molar-refractivity contribution in [2.24, 2.45) is 0 Å². The van der Waals surface area contributed by atoms with Crippen LogP contribution in [0.3, 0.4) is 0 Å². The van der Waals surface area contributed by atoms with E-state index in [0.29, 0.717) is 6.61 Å². The maximum Gasteiger partial charge on any atom is 0.389 e. The molecular weight excluding hydrogens is 220 g/mol. The quantitative estimate of drug-likeness (QED) is 0.636. The van der Waals surface area contributed by atoms with Crippen LogP contribution in [-0.4, -0.2) is 19.2 Å². The number of carbonyl (C=O) groups excluding carboxylic acids is 1. The number of nitrogens with two attached hydrogens (primary N) is 1. The fourth-order valence-corrected chi connectivity index (χ4v) is 1.18. The highest BCUT2D eigenvalue weighted by Crippen LogP contribution is 2.25. The van der Waals surface area contributed by atoms with Gasteiger partial charge in [-0.3, -0.25) is 0 Å². The average molecular weight is 231 g/mol. The zero-order chi connectivity index (χ0) is 12.1. The van der Waals surface area contributed by atoms with Gasteiger partial charge >= 0.3 is 12.6 Å². The molecule has 0 atom stereocenters. The van der Waals surface area contributed by atoms with Crippen molar-refractivity contribution in [3.8, 4) is 5.75 Å². The number of carbonyl (C=O) groups is 1. The molecule has 1 aromatic rings. The SMILES string of the molecule is CCOc1cccc(N)c1C(=O)OC(F)F. The molecule has 1 aromatic carbocycles. The van der Waals surface area contributed by atoms with Crippen molar-refractivity contribution in [2.75, 3.05) is 12.3 Å². The standard InChI is InChI=1S/C10H11F2NO3/c1-2-15-7-5-3-4-6(13)8(7)9(14)16-10(11)12/h3-5,10H,2,13H2,1H3. The minimum absolute atomic E-state index is 0.0385. The molecule has 0 saturated carbocycles. The van der Waals surface area contributed by atoms with Crippen LogP contribution in [0.15, 0.2) is 18.2 Å². The molecule has 0 saturated heterocycles. The largest absolute Gasteiger partial charge is 0.493 e. The van der Waals surface area contributed by atoms with Crippen LogP contribution in [0.5, 0.6) is 5.75 Å². The van der Waals surface area contributed by atoms with Gasteiger partial charge < -0.3 is 15.2 Å². The third kappa shape index (κ3) is 2.82. The van der Waals surface area contributed by atoms with Crippen molar-refractivity contribution in [3.63, 3.8) is 0 Å². The minimum Gasteiger partial charge on any atom is -0.493 e. The summed E-state index contributed by atoms with van der Waals surface area (Å²) in [5.74, 6) is -1.07. The van der Waals surface area contributed by atoms with Crippen LogP contribution in [0.25, 0.3) is 0 Å². The fraction of sp³-hybridized carbons (Fsp3) is 0.300. The second kappa shape index (κ2) is 5.29. The Morgan fingerprint density at radius 1 is 1.50 bits per heavy atom. The Kier molecular flexibility index (Phi) is 4.04. The second-order valence-corrected chi connectivity index (χ2v) is 2.82. The highest BCUT2D eigenvalue weighted by Gasteiger charge is 2.20. The molecule has 2 N–H and O–H groups in total. The molecule has 0 heterocycles. The number of nitrogen functional groups attached to an aromatic ring is 1. The molecule has 0 aliphatic carbocycles. The number of esters is 1. The maximum absolute atomic E-state index is 11.9. The molecule has 0 fully saturated rings. The van der Waals surface area contributed by atoms with E-state index >= 15 is 0 Å². The lowest BCUT2D eigenvalue weighted by atomic mass is 10.1. The number of rotatable bonds is 4. The highest BCUT2D eigenvalue weighted by molar-refractivity contribution is 5.98. The number of hydrogen-bond donors (Lipinski definition) is 1. The first-order chi connectivity index (χ1) is 7.56. The highest BCUT2D eigenvalue weighted by atomic mass is 19.3. The lowest BCUT2D eigenvalue weighted by Crippen LogP contribution is -2.13. The number of ether oxygens (including phenoxy) is 2. The molecule has 0 spiro atoms. The van der Waals surface area contributed by atoms with Crippen LogP contribution in [0.4, 0.5) is 14.5 Å². The van der Waals surface area contributed by atoms with E-state index in [-0.39, 0.29) is 17.0 Å². The van der Waals surface area contributed by atoms with Crippen molar-refractivity contribution in [2.45, 2.75) is 13.5 Å².